The van der Waals surface area contributed by atoms with Crippen LogP contribution in [0.2, 0.25) is 0 Å². The fraction of sp³-hybridized carbons (Fsp3) is 0.361. The number of amides is 1. The minimum atomic E-state index is -4.01. The van der Waals surface area contributed by atoms with E-state index in [2.05, 4.69) is 0 Å². The molecule has 1 aliphatic rings. The maximum Gasteiger partial charge on any atom is 0.254 e. The van der Waals surface area contributed by atoms with Crippen LogP contribution >= 0.6 is 0 Å². The van der Waals surface area contributed by atoms with E-state index < -0.39 is 15.8 Å². The third-order valence-corrected chi connectivity index (χ3v) is 9.66. The molecule has 1 amide bonds. The summed E-state index contributed by atoms with van der Waals surface area (Å²) in [7, 11) is -4.01. The third kappa shape index (κ3) is 7.29. The summed E-state index contributed by atoms with van der Waals surface area (Å²) in [6, 6.07) is 20.0. The number of piperidine rings is 1. The summed E-state index contributed by atoms with van der Waals surface area (Å²) in [6.07, 6.45) is 5.57. The Morgan fingerprint density at radius 3 is 2.43 bits per heavy atom. The Morgan fingerprint density at radius 1 is 1.00 bits per heavy atom. The van der Waals surface area contributed by atoms with Gasteiger partial charge >= 0.3 is 0 Å². The molecule has 46 heavy (non-hydrogen) atoms. The highest BCUT2D eigenvalue weighted by Gasteiger charge is 2.29. The standard InChI is InChI=1S/C36H41FN4O4S/c1-3-12-34-39-31(4-2)35(32(42)21-20-28-15-10-11-22-40(28)36(43)25-13-6-5-7-14-25)41(34)24-27-19-18-26(23-30(27)37)29-16-8-9-17-33(29)46(38,44)45/h5-9,13-14,16-19,23,28H,3-4,10-12,15,20-22,24H2,1-2H3,(H2,38,44,45). The zero-order chi connectivity index (χ0) is 32.8. The Morgan fingerprint density at radius 2 is 1.74 bits per heavy atom. The smallest absolute Gasteiger partial charge is 0.254 e. The molecule has 3 aromatic carbocycles. The second-order valence-electron chi connectivity index (χ2n) is 11.8. The van der Waals surface area contributed by atoms with Crippen molar-refractivity contribution in [3.05, 3.63) is 107 Å². The van der Waals surface area contributed by atoms with Gasteiger partial charge in [0.1, 0.15) is 17.3 Å². The number of likely N-dealkylation sites (tertiary alicyclic amines) is 1. The molecule has 0 aliphatic carbocycles. The summed E-state index contributed by atoms with van der Waals surface area (Å²) in [6.45, 7) is 4.77. The van der Waals surface area contributed by atoms with Crippen molar-refractivity contribution in [2.24, 2.45) is 5.14 Å². The summed E-state index contributed by atoms with van der Waals surface area (Å²) >= 11 is 0. The van der Waals surface area contributed by atoms with E-state index >= 15 is 4.39 Å². The largest absolute Gasteiger partial charge is 0.336 e. The number of nitrogens with two attached hydrogens (primary N) is 1. The molecule has 0 spiro atoms. The van der Waals surface area contributed by atoms with E-state index in [1.165, 1.54) is 12.1 Å². The number of rotatable bonds is 12. The lowest BCUT2D eigenvalue weighted by atomic mass is 9.95. The topological polar surface area (TPSA) is 115 Å². The lowest BCUT2D eigenvalue weighted by Gasteiger charge is -2.36. The highest BCUT2D eigenvalue weighted by atomic mass is 32.2. The predicted octanol–water partition coefficient (Wildman–Crippen LogP) is 6.56. The number of sulfonamides is 1. The lowest BCUT2D eigenvalue weighted by molar-refractivity contribution is 0.0590. The molecule has 4 aromatic rings. The molecule has 8 nitrogen and oxygen atoms in total. The quantitative estimate of drug-likeness (QED) is 0.176. The van der Waals surface area contributed by atoms with Crippen molar-refractivity contribution in [3.63, 3.8) is 0 Å². The molecule has 5 rings (SSSR count). The molecular weight excluding hydrogens is 603 g/mol. The number of ketones is 1. The molecule has 2 N–H and O–H groups in total. The van der Waals surface area contributed by atoms with Crippen LogP contribution in [0.15, 0.2) is 77.7 Å². The van der Waals surface area contributed by atoms with Crippen molar-refractivity contribution in [1.29, 1.82) is 0 Å². The molecular formula is C36H41FN4O4S. The third-order valence-electron chi connectivity index (χ3n) is 8.69. The van der Waals surface area contributed by atoms with Gasteiger partial charge < -0.3 is 9.47 Å². The van der Waals surface area contributed by atoms with E-state index in [9.17, 15) is 18.0 Å². The second-order valence-corrected chi connectivity index (χ2v) is 13.4. The molecule has 1 fully saturated rings. The number of carbonyl (C=O) groups excluding carboxylic acids is 2. The molecule has 0 saturated carbocycles. The minimum Gasteiger partial charge on any atom is -0.336 e. The number of hydrogen-bond acceptors (Lipinski definition) is 5. The zero-order valence-corrected chi connectivity index (χ0v) is 27.2. The molecule has 1 aliphatic heterocycles. The van der Waals surface area contributed by atoms with Crippen LogP contribution in [0.5, 0.6) is 0 Å². The van der Waals surface area contributed by atoms with Crippen LogP contribution in [0.1, 0.15) is 90.3 Å². The van der Waals surface area contributed by atoms with Gasteiger partial charge in [0.2, 0.25) is 10.0 Å². The summed E-state index contributed by atoms with van der Waals surface area (Å²) in [4.78, 5) is 34.0. The van der Waals surface area contributed by atoms with E-state index in [0.29, 0.717) is 59.4 Å². The Hall–Kier alpha value is -4.15. The molecule has 1 atom stereocenters. The second kappa shape index (κ2) is 14.5. The van der Waals surface area contributed by atoms with Crippen LogP contribution in [-0.4, -0.2) is 47.1 Å². The first kappa shape index (κ1) is 33.2. The van der Waals surface area contributed by atoms with Gasteiger partial charge in [-0.25, -0.2) is 22.9 Å². The van der Waals surface area contributed by atoms with Crippen LogP contribution in [0, 0.1) is 5.82 Å². The van der Waals surface area contributed by atoms with E-state index in [4.69, 9.17) is 10.1 Å². The maximum absolute atomic E-state index is 15.7. The normalized spacial score (nSPS) is 15.2. The van der Waals surface area contributed by atoms with Gasteiger partial charge in [0.25, 0.3) is 5.91 Å². The number of carbonyl (C=O) groups is 2. The monoisotopic (exact) mass is 644 g/mol. The maximum atomic E-state index is 15.7. The highest BCUT2D eigenvalue weighted by Crippen LogP contribution is 2.30. The number of benzene rings is 3. The summed E-state index contributed by atoms with van der Waals surface area (Å²) in [5, 5.41) is 5.41. The Bertz CT molecular complexity index is 1820. The van der Waals surface area contributed by atoms with Crippen molar-refractivity contribution in [3.8, 4) is 11.1 Å². The number of aryl methyl sites for hydroxylation is 2. The summed E-state index contributed by atoms with van der Waals surface area (Å²) < 4.78 is 41.8. The lowest BCUT2D eigenvalue weighted by Crippen LogP contribution is -2.44. The van der Waals surface area contributed by atoms with Crippen molar-refractivity contribution >= 4 is 21.7 Å². The fourth-order valence-corrected chi connectivity index (χ4v) is 7.15. The number of primary sulfonamides is 1. The van der Waals surface area contributed by atoms with Gasteiger partial charge in [-0.1, -0.05) is 62.4 Å². The molecule has 1 saturated heterocycles. The summed E-state index contributed by atoms with van der Waals surface area (Å²) in [5.74, 6) is 0.132. The zero-order valence-electron chi connectivity index (χ0n) is 26.4. The molecule has 1 aromatic heterocycles. The average Bonchev–Trinajstić information content (AvgIpc) is 3.41. The molecule has 2 heterocycles. The highest BCUT2D eigenvalue weighted by molar-refractivity contribution is 7.89. The SMILES string of the molecule is CCCc1nc(CC)c(C(=O)CCC2CCCCN2C(=O)c2ccccc2)n1Cc1ccc(-c2ccccc2S(N)(=O)=O)cc1F. The summed E-state index contributed by atoms with van der Waals surface area (Å²) in [5.41, 5.74) is 2.89. The van der Waals surface area contributed by atoms with Crippen molar-refractivity contribution in [2.75, 3.05) is 6.54 Å². The van der Waals surface area contributed by atoms with Crippen LogP contribution in [0.3, 0.4) is 0 Å². The Kier molecular flexibility index (Phi) is 10.5. The van der Waals surface area contributed by atoms with Crippen molar-refractivity contribution < 1.29 is 22.4 Å². The number of hydrogen-bond donors (Lipinski definition) is 1. The minimum absolute atomic E-state index is 0.00659. The van der Waals surface area contributed by atoms with E-state index in [1.807, 2.05) is 53.6 Å². The first-order chi connectivity index (χ1) is 22.1. The molecule has 0 bridgehead atoms. The Balaban J connectivity index is 1.41. The first-order valence-electron chi connectivity index (χ1n) is 16.0. The number of Topliss-reactive ketones (excluding diaryl/α,β-unsaturated/α-hetero) is 1. The number of imidazole rings is 1. The van der Waals surface area contributed by atoms with Crippen molar-refractivity contribution in [1.82, 2.24) is 14.5 Å². The molecule has 0 radical (unpaired) electrons. The van der Waals surface area contributed by atoms with Gasteiger partial charge in [0, 0.05) is 42.1 Å². The number of halogens is 1. The molecule has 1 unspecified atom stereocenters. The van der Waals surface area contributed by atoms with Crippen LogP contribution < -0.4 is 5.14 Å². The van der Waals surface area contributed by atoms with Gasteiger partial charge in [-0.3, -0.25) is 9.59 Å². The van der Waals surface area contributed by atoms with Gasteiger partial charge in [-0.2, -0.15) is 0 Å². The number of nitrogens with zero attached hydrogens (tertiary/aromatic N) is 3. The molecule has 10 heteroatoms. The predicted molar refractivity (Wildman–Crippen MR) is 177 cm³/mol. The van der Waals surface area contributed by atoms with E-state index in [-0.39, 0.29) is 35.6 Å². The first-order valence-corrected chi connectivity index (χ1v) is 17.5. The van der Waals surface area contributed by atoms with Crippen LogP contribution in [0.4, 0.5) is 4.39 Å². The van der Waals surface area contributed by atoms with Gasteiger partial charge in [0.15, 0.2) is 5.78 Å². The Labute approximate surface area is 270 Å². The van der Waals surface area contributed by atoms with Gasteiger partial charge in [0.05, 0.1) is 17.1 Å². The average molecular weight is 645 g/mol. The fourth-order valence-electron chi connectivity index (χ4n) is 6.39. The van der Waals surface area contributed by atoms with Crippen LogP contribution in [0.25, 0.3) is 11.1 Å². The van der Waals surface area contributed by atoms with E-state index in [1.54, 1.807) is 30.3 Å². The number of aromatic nitrogens is 2. The van der Waals surface area contributed by atoms with Gasteiger partial charge in [-0.05, 0) is 68.4 Å². The molecule has 242 valence electrons. The van der Waals surface area contributed by atoms with Gasteiger partial charge in [-0.15, -0.1) is 0 Å². The van der Waals surface area contributed by atoms with E-state index in [0.717, 1.165) is 31.5 Å². The van der Waals surface area contributed by atoms with Crippen molar-refractivity contribution in [2.45, 2.75) is 82.7 Å². The van der Waals surface area contributed by atoms with Crippen LogP contribution in [-0.2, 0) is 29.4 Å².